The predicted molar refractivity (Wildman–Crippen MR) is 75.5 cm³/mol. The van der Waals surface area contributed by atoms with Crippen molar-refractivity contribution in [2.75, 3.05) is 5.32 Å². The number of carbonyl (C=O) groups is 1. The number of halogens is 2. The van der Waals surface area contributed by atoms with E-state index in [9.17, 15) is 4.79 Å². The van der Waals surface area contributed by atoms with Gasteiger partial charge in [-0.1, -0.05) is 12.8 Å². The number of nitrogens with zero attached hydrogens (tertiary/aromatic N) is 2. The van der Waals surface area contributed by atoms with Gasteiger partial charge in [0.05, 0.1) is 17.7 Å². The summed E-state index contributed by atoms with van der Waals surface area (Å²) in [6, 6.07) is 2.22. The molecule has 0 aromatic carbocycles. The molecule has 1 unspecified atom stereocenters. The zero-order valence-corrected chi connectivity index (χ0v) is 12.3. The molecule has 19 heavy (non-hydrogen) atoms. The molecule has 3 rings (SSSR count). The summed E-state index contributed by atoms with van der Waals surface area (Å²) < 4.78 is 0.982. The van der Waals surface area contributed by atoms with Crippen LogP contribution in [-0.2, 0) is 4.79 Å². The number of carbonyl (C=O) groups excluding carboxylic acids is 1. The summed E-state index contributed by atoms with van der Waals surface area (Å²) in [5.74, 6) is 0.617. The van der Waals surface area contributed by atoms with Crippen molar-refractivity contribution in [2.45, 2.75) is 49.4 Å². The van der Waals surface area contributed by atoms with Crippen LogP contribution in [0.5, 0.6) is 0 Å². The van der Waals surface area contributed by atoms with E-state index in [1.165, 1.54) is 12.8 Å². The van der Waals surface area contributed by atoms with Crippen molar-refractivity contribution in [1.29, 1.82) is 0 Å². The molecule has 1 heterocycles. The molecule has 1 aromatic rings. The molecule has 0 aliphatic heterocycles. The first-order valence-electron chi connectivity index (χ1n) is 6.67. The molecule has 0 spiro atoms. The lowest BCUT2D eigenvalue weighted by atomic mass is 10.1. The van der Waals surface area contributed by atoms with Crippen LogP contribution in [0.3, 0.4) is 0 Å². The molecule has 4 nitrogen and oxygen atoms in total. The van der Waals surface area contributed by atoms with Crippen molar-refractivity contribution in [3.63, 3.8) is 0 Å². The first kappa shape index (κ1) is 13.3. The Balaban J connectivity index is 1.74. The first-order valence-corrected chi connectivity index (χ1v) is 7.42. The molecule has 2 aliphatic carbocycles. The Bertz CT molecular complexity index is 508. The minimum atomic E-state index is -0.935. The van der Waals surface area contributed by atoms with Crippen molar-refractivity contribution >= 4 is 34.9 Å². The average Bonchev–Trinajstić information content (AvgIpc) is 2.83. The van der Waals surface area contributed by atoms with Crippen molar-refractivity contribution in [3.8, 4) is 0 Å². The average molecular weight is 302 g/mol. The summed E-state index contributed by atoms with van der Waals surface area (Å²) in [5, 5.41) is 7.24. The van der Waals surface area contributed by atoms with Crippen LogP contribution < -0.4 is 5.32 Å². The first-order chi connectivity index (χ1) is 8.94. The summed E-state index contributed by atoms with van der Waals surface area (Å²) in [4.78, 5) is 12.3. The van der Waals surface area contributed by atoms with Gasteiger partial charge < -0.3 is 5.32 Å². The summed E-state index contributed by atoms with van der Waals surface area (Å²) in [6.07, 6.45) is 6.90. The van der Waals surface area contributed by atoms with E-state index in [1.54, 1.807) is 13.1 Å². The Hall–Kier alpha value is -0.740. The van der Waals surface area contributed by atoms with Gasteiger partial charge in [0.15, 0.2) is 0 Å². The Morgan fingerprint density at radius 3 is 2.68 bits per heavy atom. The van der Waals surface area contributed by atoms with Crippen LogP contribution in [0.25, 0.3) is 0 Å². The van der Waals surface area contributed by atoms with Crippen LogP contribution in [0.2, 0.25) is 0 Å². The second-order valence-electron chi connectivity index (χ2n) is 5.77. The van der Waals surface area contributed by atoms with E-state index in [2.05, 4.69) is 10.4 Å². The van der Waals surface area contributed by atoms with E-state index in [-0.39, 0.29) is 5.91 Å². The molecule has 1 aromatic heterocycles. The molecule has 6 heteroatoms. The summed E-state index contributed by atoms with van der Waals surface area (Å²) in [5.41, 5.74) is -0.694. The smallest absolute Gasteiger partial charge is 0.234 e. The van der Waals surface area contributed by atoms with E-state index in [1.807, 2.05) is 10.7 Å². The predicted octanol–water partition coefficient (Wildman–Crippen LogP) is 3.52. The van der Waals surface area contributed by atoms with Crippen molar-refractivity contribution in [1.82, 2.24) is 9.78 Å². The maximum atomic E-state index is 12.3. The third-order valence-electron chi connectivity index (χ3n) is 4.34. The number of nitrogens with one attached hydrogen (secondary N) is 1. The molecular weight excluding hydrogens is 285 g/mol. The van der Waals surface area contributed by atoms with Crippen LogP contribution in [0, 0.1) is 5.41 Å². The van der Waals surface area contributed by atoms with E-state index in [0.29, 0.717) is 12.5 Å². The van der Waals surface area contributed by atoms with Gasteiger partial charge >= 0.3 is 0 Å². The van der Waals surface area contributed by atoms with Gasteiger partial charge in [0.2, 0.25) is 5.91 Å². The molecule has 1 N–H and O–H groups in total. The lowest BCUT2D eigenvalue weighted by Crippen LogP contribution is -2.27. The summed E-state index contributed by atoms with van der Waals surface area (Å²) in [6.45, 7) is 1.79. The lowest BCUT2D eigenvalue weighted by Gasteiger charge is -2.17. The van der Waals surface area contributed by atoms with Gasteiger partial charge in [-0.3, -0.25) is 4.79 Å². The number of hydrogen-bond donors (Lipinski definition) is 1. The molecular formula is C13H17Cl2N3O. The molecule has 2 fully saturated rings. The zero-order valence-electron chi connectivity index (χ0n) is 10.8. The second-order valence-corrected chi connectivity index (χ2v) is 7.25. The number of rotatable bonds is 3. The van der Waals surface area contributed by atoms with E-state index in [4.69, 9.17) is 23.2 Å². The number of aromatic nitrogens is 2. The summed E-state index contributed by atoms with van der Waals surface area (Å²) in [7, 11) is 0. The van der Waals surface area contributed by atoms with E-state index >= 15 is 0 Å². The number of hydrogen-bond acceptors (Lipinski definition) is 2. The topological polar surface area (TPSA) is 46.9 Å². The zero-order chi connectivity index (χ0) is 13.7. The van der Waals surface area contributed by atoms with Crippen LogP contribution in [0.15, 0.2) is 12.3 Å². The highest BCUT2D eigenvalue weighted by Crippen LogP contribution is 2.64. The Morgan fingerprint density at radius 1 is 1.47 bits per heavy atom. The highest BCUT2D eigenvalue weighted by atomic mass is 35.5. The molecule has 1 amide bonds. The van der Waals surface area contributed by atoms with Crippen LogP contribution >= 0.6 is 23.2 Å². The highest BCUT2D eigenvalue weighted by molar-refractivity contribution is 6.53. The van der Waals surface area contributed by atoms with Gasteiger partial charge in [-0.2, -0.15) is 5.10 Å². The van der Waals surface area contributed by atoms with Gasteiger partial charge in [0, 0.05) is 6.07 Å². The Labute approximate surface area is 122 Å². The normalized spacial score (nSPS) is 29.4. The molecule has 1 atom stereocenters. The Morgan fingerprint density at radius 2 is 2.11 bits per heavy atom. The lowest BCUT2D eigenvalue weighted by molar-refractivity contribution is -0.120. The molecule has 104 valence electrons. The fraction of sp³-hybridized carbons (Fsp3) is 0.692. The van der Waals surface area contributed by atoms with Gasteiger partial charge in [0.1, 0.15) is 10.2 Å². The van der Waals surface area contributed by atoms with Gasteiger partial charge in [-0.05, 0) is 26.2 Å². The van der Waals surface area contributed by atoms with Gasteiger partial charge in [-0.15, -0.1) is 23.2 Å². The van der Waals surface area contributed by atoms with Crippen LogP contribution in [0.4, 0.5) is 5.82 Å². The van der Waals surface area contributed by atoms with Crippen LogP contribution in [-0.4, -0.2) is 20.0 Å². The maximum absolute atomic E-state index is 12.3. The van der Waals surface area contributed by atoms with Gasteiger partial charge in [-0.25, -0.2) is 4.68 Å². The summed E-state index contributed by atoms with van der Waals surface area (Å²) >= 11 is 12.1. The third kappa shape index (κ3) is 2.15. The van der Waals surface area contributed by atoms with E-state index < -0.39 is 9.75 Å². The maximum Gasteiger partial charge on any atom is 0.234 e. The molecule has 0 radical (unpaired) electrons. The standard InChI is InChI=1S/C13H17Cl2N3O/c1-12(8-13(12,14)15)11(19)17-10-6-7-16-18(10)9-4-2-3-5-9/h6-7,9H,2-5,8H2,1H3,(H,17,19). The fourth-order valence-corrected chi connectivity index (χ4v) is 3.46. The number of alkyl halides is 2. The van der Waals surface area contributed by atoms with Crippen molar-refractivity contribution in [3.05, 3.63) is 12.3 Å². The Kier molecular flexibility index (Phi) is 3.06. The molecule has 0 saturated heterocycles. The fourth-order valence-electron chi connectivity index (χ4n) is 2.75. The quantitative estimate of drug-likeness (QED) is 0.868. The van der Waals surface area contributed by atoms with E-state index in [0.717, 1.165) is 18.7 Å². The minimum Gasteiger partial charge on any atom is -0.310 e. The van der Waals surface area contributed by atoms with Crippen molar-refractivity contribution in [2.24, 2.45) is 5.41 Å². The van der Waals surface area contributed by atoms with Gasteiger partial charge in [0.25, 0.3) is 0 Å². The van der Waals surface area contributed by atoms with Crippen LogP contribution in [0.1, 0.15) is 45.1 Å². The largest absolute Gasteiger partial charge is 0.310 e. The second kappa shape index (κ2) is 4.38. The monoisotopic (exact) mass is 301 g/mol. The molecule has 2 aliphatic rings. The highest BCUT2D eigenvalue weighted by Gasteiger charge is 2.68. The third-order valence-corrected chi connectivity index (χ3v) is 5.44. The minimum absolute atomic E-state index is 0.128. The molecule has 0 bridgehead atoms. The molecule has 2 saturated carbocycles. The van der Waals surface area contributed by atoms with Crippen molar-refractivity contribution < 1.29 is 4.79 Å². The number of anilines is 1. The number of amides is 1. The SMILES string of the molecule is CC1(C(=O)Nc2ccnn2C2CCCC2)CC1(Cl)Cl.